The number of para-hydroxylation sites is 1. The molecule has 0 bridgehead atoms. The van der Waals surface area contributed by atoms with Gasteiger partial charge in [0.1, 0.15) is 5.52 Å². The first-order valence-electron chi connectivity index (χ1n) is 10.3. The number of benzene rings is 2. The number of anilines is 2. The molecule has 0 radical (unpaired) electrons. The van der Waals surface area contributed by atoms with Crippen LogP contribution in [0, 0.1) is 0 Å². The van der Waals surface area contributed by atoms with E-state index < -0.39 is 0 Å². The highest BCUT2D eigenvalue weighted by molar-refractivity contribution is 5.84. The van der Waals surface area contributed by atoms with Crippen molar-refractivity contribution in [2.24, 2.45) is 0 Å². The van der Waals surface area contributed by atoms with Gasteiger partial charge in [-0.25, -0.2) is 15.0 Å². The molecule has 3 N–H and O–H groups in total. The minimum atomic E-state index is 0.282. The third-order valence-electron chi connectivity index (χ3n) is 5.48. The van der Waals surface area contributed by atoms with Crippen LogP contribution in [-0.2, 0) is 6.42 Å². The van der Waals surface area contributed by atoms with Crippen LogP contribution in [0.25, 0.3) is 22.3 Å². The largest absolute Gasteiger partial charge is 0.368 e. The average Bonchev–Trinajstić information content (AvgIpc) is 2.80. The van der Waals surface area contributed by atoms with Crippen LogP contribution in [0.3, 0.4) is 0 Å². The smallest absolute Gasteiger partial charge is 0.220 e. The van der Waals surface area contributed by atoms with E-state index in [4.69, 9.17) is 10.7 Å². The predicted octanol–water partition coefficient (Wildman–Crippen LogP) is 3.27. The van der Waals surface area contributed by atoms with Crippen molar-refractivity contribution in [3.63, 3.8) is 0 Å². The number of nitrogens with zero attached hydrogens (tertiary/aromatic N) is 4. The van der Waals surface area contributed by atoms with Gasteiger partial charge in [0.15, 0.2) is 0 Å². The monoisotopic (exact) mass is 396 g/mol. The molecule has 2 aromatic carbocycles. The summed E-state index contributed by atoms with van der Waals surface area (Å²) in [6.07, 6.45) is 0.667. The SMILES string of the molecule is Nc1nc(Cc2ccccc2)c2nc(-c3ccccc3N3CCNCC3)ccc2n1. The molecular weight excluding hydrogens is 372 g/mol. The van der Waals surface area contributed by atoms with Gasteiger partial charge in [-0.05, 0) is 23.8 Å². The first-order valence-corrected chi connectivity index (χ1v) is 10.3. The van der Waals surface area contributed by atoms with Crippen LogP contribution in [0.15, 0.2) is 66.7 Å². The van der Waals surface area contributed by atoms with E-state index in [2.05, 4.69) is 56.6 Å². The molecule has 1 aliphatic heterocycles. The molecule has 2 aromatic heterocycles. The van der Waals surface area contributed by atoms with Gasteiger partial charge in [-0.15, -0.1) is 0 Å². The molecule has 0 atom stereocenters. The second kappa shape index (κ2) is 8.08. The van der Waals surface area contributed by atoms with Crippen molar-refractivity contribution in [3.8, 4) is 11.3 Å². The van der Waals surface area contributed by atoms with Crippen LogP contribution in [0.1, 0.15) is 11.3 Å². The Hall–Kier alpha value is -3.51. The number of nitrogens with two attached hydrogens (primary N) is 1. The summed E-state index contributed by atoms with van der Waals surface area (Å²) in [5, 5.41) is 3.42. The number of pyridine rings is 1. The Labute approximate surface area is 175 Å². The van der Waals surface area contributed by atoms with Crippen molar-refractivity contribution < 1.29 is 0 Å². The van der Waals surface area contributed by atoms with Crippen LogP contribution in [0.2, 0.25) is 0 Å². The third kappa shape index (κ3) is 3.69. The molecule has 0 unspecified atom stereocenters. The number of fused-ring (bicyclic) bond motifs is 1. The first kappa shape index (κ1) is 18.5. The Balaban J connectivity index is 1.60. The number of hydrogen-bond acceptors (Lipinski definition) is 6. The van der Waals surface area contributed by atoms with Crippen LogP contribution in [0.4, 0.5) is 11.6 Å². The van der Waals surface area contributed by atoms with Crippen molar-refractivity contribution in [2.45, 2.75) is 6.42 Å². The molecule has 30 heavy (non-hydrogen) atoms. The fourth-order valence-corrected chi connectivity index (χ4v) is 4.03. The standard InChI is InChI=1S/C24H24N6/c25-24-28-20-11-10-19(18-8-4-5-9-22(18)30-14-12-26-13-15-30)27-23(20)21(29-24)16-17-6-2-1-3-7-17/h1-11,26H,12-16H2,(H2,25,28,29). The van der Waals surface area contributed by atoms with E-state index in [9.17, 15) is 0 Å². The Morgan fingerprint density at radius 1 is 0.833 bits per heavy atom. The zero-order valence-corrected chi connectivity index (χ0v) is 16.8. The summed E-state index contributed by atoms with van der Waals surface area (Å²) in [5.74, 6) is 0.282. The van der Waals surface area contributed by atoms with E-state index in [0.29, 0.717) is 6.42 Å². The van der Waals surface area contributed by atoms with E-state index in [-0.39, 0.29) is 5.95 Å². The highest BCUT2D eigenvalue weighted by atomic mass is 15.2. The lowest BCUT2D eigenvalue weighted by molar-refractivity contribution is 0.589. The molecule has 150 valence electrons. The van der Waals surface area contributed by atoms with Crippen molar-refractivity contribution in [1.82, 2.24) is 20.3 Å². The molecule has 1 fully saturated rings. The molecular formula is C24H24N6. The molecule has 3 heterocycles. The molecule has 1 aliphatic rings. The second-order valence-electron chi connectivity index (χ2n) is 7.51. The lowest BCUT2D eigenvalue weighted by Crippen LogP contribution is -2.43. The summed E-state index contributed by atoms with van der Waals surface area (Å²) in [7, 11) is 0. The molecule has 4 aromatic rings. The number of aromatic nitrogens is 3. The van der Waals surface area contributed by atoms with Gasteiger partial charge in [-0.1, -0.05) is 48.5 Å². The molecule has 0 spiro atoms. The summed E-state index contributed by atoms with van der Waals surface area (Å²) in [5.41, 5.74) is 12.9. The van der Waals surface area contributed by atoms with Crippen molar-refractivity contribution in [1.29, 1.82) is 0 Å². The summed E-state index contributed by atoms with van der Waals surface area (Å²) < 4.78 is 0. The predicted molar refractivity (Wildman–Crippen MR) is 122 cm³/mol. The molecule has 6 heteroatoms. The van der Waals surface area contributed by atoms with Gasteiger partial charge in [-0.3, -0.25) is 0 Å². The van der Waals surface area contributed by atoms with Gasteiger partial charge >= 0.3 is 0 Å². The number of hydrogen-bond donors (Lipinski definition) is 2. The Bertz CT molecular complexity index is 1170. The highest BCUT2D eigenvalue weighted by Crippen LogP contribution is 2.31. The van der Waals surface area contributed by atoms with E-state index >= 15 is 0 Å². The van der Waals surface area contributed by atoms with Crippen LogP contribution in [-0.4, -0.2) is 41.1 Å². The van der Waals surface area contributed by atoms with Gasteiger partial charge in [0.2, 0.25) is 5.95 Å². The average molecular weight is 396 g/mol. The minimum Gasteiger partial charge on any atom is -0.368 e. The fourth-order valence-electron chi connectivity index (χ4n) is 4.03. The van der Waals surface area contributed by atoms with Crippen molar-refractivity contribution in [3.05, 3.63) is 78.0 Å². The quantitative estimate of drug-likeness (QED) is 0.551. The summed E-state index contributed by atoms with van der Waals surface area (Å²) >= 11 is 0. The zero-order valence-electron chi connectivity index (χ0n) is 16.8. The lowest BCUT2D eigenvalue weighted by Gasteiger charge is -2.31. The van der Waals surface area contributed by atoms with Gasteiger partial charge in [-0.2, -0.15) is 0 Å². The molecule has 0 saturated carbocycles. The Morgan fingerprint density at radius 3 is 2.43 bits per heavy atom. The first-order chi connectivity index (χ1) is 14.8. The van der Waals surface area contributed by atoms with Gasteiger partial charge in [0, 0.05) is 43.9 Å². The molecule has 0 amide bonds. The van der Waals surface area contributed by atoms with Crippen LogP contribution in [0.5, 0.6) is 0 Å². The summed E-state index contributed by atoms with van der Waals surface area (Å²) in [6, 6.07) is 22.8. The number of piperazine rings is 1. The van der Waals surface area contributed by atoms with Crippen molar-refractivity contribution in [2.75, 3.05) is 36.8 Å². The maximum Gasteiger partial charge on any atom is 0.220 e. The van der Waals surface area contributed by atoms with E-state index in [1.807, 2.05) is 30.3 Å². The van der Waals surface area contributed by atoms with Gasteiger partial charge < -0.3 is 16.0 Å². The maximum atomic E-state index is 5.99. The fraction of sp³-hybridized carbons (Fsp3) is 0.208. The number of nitrogen functional groups attached to an aromatic ring is 1. The minimum absolute atomic E-state index is 0.282. The summed E-state index contributed by atoms with van der Waals surface area (Å²) in [4.78, 5) is 16.4. The number of nitrogens with one attached hydrogen (secondary N) is 1. The Morgan fingerprint density at radius 2 is 1.60 bits per heavy atom. The van der Waals surface area contributed by atoms with Gasteiger partial charge in [0.05, 0.1) is 16.9 Å². The van der Waals surface area contributed by atoms with Crippen molar-refractivity contribution >= 4 is 22.7 Å². The summed E-state index contributed by atoms with van der Waals surface area (Å²) in [6.45, 7) is 3.97. The topological polar surface area (TPSA) is 80.0 Å². The van der Waals surface area contributed by atoms with Crippen LogP contribution >= 0.6 is 0 Å². The van der Waals surface area contributed by atoms with E-state index in [0.717, 1.165) is 54.2 Å². The third-order valence-corrected chi connectivity index (χ3v) is 5.48. The normalized spacial score (nSPS) is 14.2. The van der Waals surface area contributed by atoms with E-state index in [1.54, 1.807) is 0 Å². The zero-order chi connectivity index (χ0) is 20.3. The Kier molecular flexibility index (Phi) is 4.99. The number of rotatable bonds is 4. The molecule has 1 saturated heterocycles. The van der Waals surface area contributed by atoms with E-state index in [1.165, 1.54) is 11.3 Å². The highest BCUT2D eigenvalue weighted by Gasteiger charge is 2.17. The lowest BCUT2D eigenvalue weighted by atomic mass is 10.1. The van der Waals surface area contributed by atoms with Crippen LogP contribution < -0.4 is 16.0 Å². The maximum absolute atomic E-state index is 5.99. The molecule has 6 nitrogen and oxygen atoms in total. The molecule has 0 aliphatic carbocycles. The molecule has 5 rings (SSSR count). The second-order valence-corrected chi connectivity index (χ2v) is 7.51. The van der Waals surface area contributed by atoms with Gasteiger partial charge in [0.25, 0.3) is 0 Å².